The van der Waals surface area contributed by atoms with Crippen molar-refractivity contribution in [2.45, 2.75) is 71.1 Å². The molecule has 46 heavy (non-hydrogen) atoms. The molecule has 0 unspecified atom stereocenters. The first kappa shape index (κ1) is 33.7. The second-order valence-corrected chi connectivity index (χ2v) is 13.3. The molecule has 3 amide bonds. The van der Waals surface area contributed by atoms with Gasteiger partial charge in [0.05, 0.1) is 36.1 Å². The lowest BCUT2D eigenvalue weighted by Gasteiger charge is -2.36. The Morgan fingerprint density at radius 2 is 1.80 bits per heavy atom. The zero-order valence-electron chi connectivity index (χ0n) is 27.7. The Morgan fingerprint density at radius 3 is 2.59 bits per heavy atom. The number of nitrogens with zero attached hydrogens (tertiary/aromatic N) is 2. The van der Waals surface area contributed by atoms with E-state index in [2.05, 4.69) is 29.5 Å². The number of hydrogen-bond donors (Lipinski definition) is 3. The van der Waals surface area contributed by atoms with Crippen LogP contribution >= 0.6 is 0 Å². The van der Waals surface area contributed by atoms with Gasteiger partial charge in [-0.1, -0.05) is 43.3 Å². The van der Waals surface area contributed by atoms with Gasteiger partial charge >= 0.3 is 6.03 Å². The quantitative estimate of drug-likeness (QED) is 0.259. The highest BCUT2D eigenvalue weighted by Gasteiger charge is 2.31. The van der Waals surface area contributed by atoms with Crippen LogP contribution in [0.5, 0.6) is 5.75 Å². The number of amides is 3. The topological polar surface area (TPSA) is 103 Å². The summed E-state index contributed by atoms with van der Waals surface area (Å²) in [5, 5.41) is 18.0. The third-order valence-electron chi connectivity index (χ3n) is 9.11. The molecule has 0 spiro atoms. The fourth-order valence-electron chi connectivity index (χ4n) is 6.20. The highest BCUT2D eigenvalue weighted by molar-refractivity contribution is 6.07. The van der Waals surface area contributed by atoms with Crippen LogP contribution in [0, 0.1) is 11.8 Å². The normalized spacial score (nSPS) is 22.1. The molecule has 0 saturated heterocycles. The second kappa shape index (κ2) is 15.8. The molecule has 2 aliphatic rings. The molecule has 1 aliphatic carbocycles. The SMILES string of the molecule is C[C@@H]1CCCCO[C@H](CN(C)CC2CC2)[C@@H](C)CN([C@H](C)CO)C(=O)c2cc(NC(=O)Nc3cccc4ccccc34)ccc2O1. The number of aliphatic hydroxyl groups is 1. The largest absolute Gasteiger partial charge is 0.490 e. The van der Waals surface area contributed by atoms with Gasteiger partial charge in [-0.15, -0.1) is 0 Å². The number of urea groups is 1. The highest BCUT2D eigenvalue weighted by atomic mass is 16.5. The van der Waals surface area contributed by atoms with Crippen molar-refractivity contribution in [3.63, 3.8) is 0 Å². The summed E-state index contributed by atoms with van der Waals surface area (Å²) < 4.78 is 12.8. The number of aliphatic hydroxyl groups excluding tert-OH is 1. The summed E-state index contributed by atoms with van der Waals surface area (Å²) in [6.07, 6.45) is 5.12. The first-order chi connectivity index (χ1) is 22.2. The lowest BCUT2D eigenvalue weighted by atomic mass is 10.0. The number of benzene rings is 3. The van der Waals surface area contributed by atoms with Crippen molar-refractivity contribution in [1.29, 1.82) is 0 Å². The van der Waals surface area contributed by atoms with Crippen molar-refractivity contribution < 1.29 is 24.2 Å². The van der Waals surface area contributed by atoms with Crippen LogP contribution in [-0.4, -0.2) is 85.0 Å². The Labute approximate surface area is 273 Å². The average Bonchev–Trinajstić information content (AvgIpc) is 3.86. The molecule has 1 saturated carbocycles. The standard InChI is InChI=1S/C37H50N4O5/c1-25-21-41(26(2)24-42)36(43)32-20-30(38-37(44)39-33-14-9-12-29-11-5-6-13-31(29)33)17-18-34(32)46-27(3)10-7-8-19-45-35(25)23-40(4)22-28-15-16-28/h5-6,9,11-14,17-18,20,25-28,35,42H,7-8,10,15-16,19,21-24H2,1-4H3,(H2,38,39,44)/t25-,26+,27+,35+/m0/s1. The fraction of sp³-hybridized carbons (Fsp3) is 0.514. The van der Waals surface area contributed by atoms with Gasteiger partial charge in [-0.25, -0.2) is 4.79 Å². The van der Waals surface area contributed by atoms with Gasteiger partial charge < -0.3 is 35.0 Å². The minimum Gasteiger partial charge on any atom is -0.490 e. The van der Waals surface area contributed by atoms with Crippen LogP contribution in [0.25, 0.3) is 10.8 Å². The Hall–Kier alpha value is -3.66. The number of nitrogens with one attached hydrogen (secondary N) is 2. The predicted octanol–water partition coefficient (Wildman–Crippen LogP) is 6.62. The number of carbonyl (C=O) groups is 2. The smallest absolute Gasteiger partial charge is 0.323 e. The van der Waals surface area contributed by atoms with Gasteiger partial charge in [0.2, 0.25) is 0 Å². The van der Waals surface area contributed by atoms with Crippen molar-refractivity contribution in [3.05, 3.63) is 66.2 Å². The average molecular weight is 631 g/mol. The van der Waals surface area contributed by atoms with Gasteiger partial charge in [-0.2, -0.15) is 0 Å². The Balaban J connectivity index is 1.39. The second-order valence-electron chi connectivity index (χ2n) is 13.3. The zero-order chi connectivity index (χ0) is 32.6. The van der Waals surface area contributed by atoms with Crippen molar-refractivity contribution in [2.75, 3.05) is 50.5 Å². The van der Waals surface area contributed by atoms with E-state index in [1.807, 2.05) is 56.3 Å². The molecule has 3 N–H and O–H groups in total. The van der Waals surface area contributed by atoms with E-state index in [-0.39, 0.29) is 30.6 Å². The number of hydrogen-bond acceptors (Lipinski definition) is 6. The van der Waals surface area contributed by atoms with Gasteiger partial charge in [0.15, 0.2) is 0 Å². The lowest BCUT2D eigenvalue weighted by Crippen LogP contribution is -2.47. The van der Waals surface area contributed by atoms with E-state index in [0.29, 0.717) is 35.8 Å². The molecular weight excluding hydrogens is 580 g/mol. The van der Waals surface area contributed by atoms with Crippen LogP contribution < -0.4 is 15.4 Å². The number of fused-ring (bicyclic) bond motifs is 2. The van der Waals surface area contributed by atoms with E-state index >= 15 is 0 Å². The molecule has 4 atom stereocenters. The molecule has 9 nitrogen and oxygen atoms in total. The van der Waals surface area contributed by atoms with Crippen LogP contribution in [0.3, 0.4) is 0 Å². The van der Waals surface area contributed by atoms with E-state index in [4.69, 9.17) is 9.47 Å². The van der Waals surface area contributed by atoms with Gasteiger partial charge in [0, 0.05) is 43.2 Å². The maximum atomic E-state index is 14.4. The van der Waals surface area contributed by atoms with Gasteiger partial charge in [0.1, 0.15) is 5.75 Å². The Bertz CT molecular complexity index is 1470. The molecule has 5 rings (SSSR count). The van der Waals surface area contributed by atoms with Crippen LogP contribution in [0.15, 0.2) is 60.7 Å². The van der Waals surface area contributed by atoms with Gasteiger partial charge in [-0.3, -0.25) is 4.79 Å². The number of ether oxygens (including phenoxy) is 2. The molecular formula is C37H50N4O5. The maximum absolute atomic E-state index is 14.4. The van der Waals surface area contributed by atoms with Crippen LogP contribution in [0.1, 0.15) is 63.2 Å². The summed E-state index contributed by atoms with van der Waals surface area (Å²) in [5.74, 6) is 1.02. The van der Waals surface area contributed by atoms with Crippen molar-refractivity contribution in [1.82, 2.24) is 9.80 Å². The summed E-state index contributed by atoms with van der Waals surface area (Å²) in [7, 11) is 2.15. The number of anilines is 2. The third kappa shape index (κ3) is 8.99. The van der Waals surface area contributed by atoms with Gasteiger partial charge in [-0.05, 0) is 88.6 Å². The van der Waals surface area contributed by atoms with Crippen molar-refractivity contribution in [3.8, 4) is 5.75 Å². The summed E-state index contributed by atoms with van der Waals surface area (Å²) in [6.45, 7) is 8.75. The minimum absolute atomic E-state index is 0.0265. The van der Waals surface area contributed by atoms with E-state index < -0.39 is 12.1 Å². The van der Waals surface area contributed by atoms with Crippen LogP contribution in [0.2, 0.25) is 0 Å². The first-order valence-electron chi connectivity index (χ1n) is 16.8. The summed E-state index contributed by atoms with van der Waals surface area (Å²) in [5.41, 5.74) is 1.51. The summed E-state index contributed by atoms with van der Waals surface area (Å²) in [6, 6.07) is 18.0. The maximum Gasteiger partial charge on any atom is 0.323 e. The molecule has 1 heterocycles. The molecule has 0 radical (unpaired) electrons. The Kier molecular flexibility index (Phi) is 11.5. The zero-order valence-corrected chi connectivity index (χ0v) is 27.7. The summed E-state index contributed by atoms with van der Waals surface area (Å²) in [4.78, 5) is 31.6. The lowest BCUT2D eigenvalue weighted by molar-refractivity contribution is -0.0172. The van der Waals surface area contributed by atoms with E-state index in [1.165, 1.54) is 12.8 Å². The van der Waals surface area contributed by atoms with E-state index in [9.17, 15) is 14.7 Å². The molecule has 3 aromatic carbocycles. The number of rotatable bonds is 8. The van der Waals surface area contributed by atoms with Crippen LogP contribution in [-0.2, 0) is 4.74 Å². The predicted molar refractivity (Wildman–Crippen MR) is 184 cm³/mol. The first-order valence-corrected chi connectivity index (χ1v) is 16.8. The third-order valence-corrected chi connectivity index (χ3v) is 9.11. The van der Waals surface area contributed by atoms with Gasteiger partial charge in [0.25, 0.3) is 5.91 Å². The van der Waals surface area contributed by atoms with E-state index in [0.717, 1.165) is 49.0 Å². The molecule has 1 fully saturated rings. The molecule has 0 bridgehead atoms. The van der Waals surface area contributed by atoms with Crippen molar-refractivity contribution >= 4 is 34.1 Å². The fourth-order valence-corrected chi connectivity index (χ4v) is 6.20. The molecule has 1 aliphatic heterocycles. The number of likely N-dealkylation sites (N-methyl/N-ethyl adjacent to an activating group) is 1. The van der Waals surface area contributed by atoms with E-state index in [1.54, 1.807) is 23.1 Å². The number of carbonyl (C=O) groups excluding carboxylic acids is 2. The molecule has 248 valence electrons. The summed E-state index contributed by atoms with van der Waals surface area (Å²) >= 11 is 0. The highest BCUT2D eigenvalue weighted by Crippen LogP contribution is 2.31. The van der Waals surface area contributed by atoms with Crippen LogP contribution in [0.4, 0.5) is 16.2 Å². The molecule has 3 aromatic rings. The molecule has 9 heteroatoms. The minimum atomic E-state index is -0.427. The monoisotopic (exact) mass is 630 g/mol. The van der Waals surface area contributed by atoms with Crippen molar-refractivity contribution in [2.24, 2.45) is 11.8 Å². The molecule has 0 aromatic heterocycles. The Morgan fingerprint density at radius 1 is 1.02 bits per heavy atom.